The Morgan fingerprint density at radius 3 is 2.32 bits per heavy atom. The van der Waals surface area contributed by atoms with E-state index >= 15 is 0 Å². The quantitative estimate of drug-likeness (QED) is 0.586. The molecule has 1 aromatic rings. The fraction of sp³-hybridized carbons (Fsp3) is 0.500. The van der Waals surface area contributed by atoms with Gasteiger partial charge in [-0.3, -0.25) is 9.59 Å². The highest BCUT2D eigenvalue weighted by atomic mass is 32.2. The van der Waals surface area contributed by atoms with E-state index in [1.54, 1.807) is 30.3 Å². The predicted octanol–water partition coefficient (Wildman–Crippen LogP) is -0.722. The molecule has 0 aliphatic carbocycles. The maximum atomic E-state index is 12.5. The van der Waals surface area contributed by atoms with Crippen LogP contribution in [0.2, 0.25) is 0 Å². The van der Waals surface area contributed by atoms with Gasteiger partial charge in [0, 0.05) is 19.6 Å². The average molecular weight is 368 g/mol. The third-order valence-corrected chi connectivity index (χ3v) is 6.09. The van der Waals surface area contributed by atoms with Crippen LogP contribution in [0.5, 0.6) is 0 Å². The molecule has 9 heteroatoms. The molecule has 25 heavy (non-hydrogen) atoms. The lowest BCUT2D eigenvalue weighted by Crippen LogP contribution is -2.44. The molecule has 1 fully saturated rings. The fourth-order valence-corrected chi connectivity index (χ4v) is 4.16. The van der Waals surface area contributed by atoms with E-state index in [0.29, 0.717) is 37.4 Å². The third-order valence-electron chi connectivity index (χ3n) is 4.17. The number of carbonyl (C=O) groups excluding carboxylic acids is 2. The van der Waals surface area contributed by atoms with Crippen molar-refractivity contribution in [1.29, 1.82) is 0 Å². The lowest BCUT2D eigenvalue weighted by atomic mass is 9.98. The lowest BCUT2D eigenvalue weighted by Gasteiger charge is -2.31. The minimum Gasteiger partial charge on any atom is -0.354 e. The number of nitrogens with two attached hydrogens (primary N) is 1. The molecule has 0 radical (unpaired) electrons. The van der Waals surface area contributed by atoms with Gasteiger partial charge in [0.25, 0.3) is 0 Å². The molecular formula is C16H24N4O4S. The highest BCUT2D eigenvalue weighted by Gasteiger charge is 2.29. The summed E-state index contributed by atoms with van der Waals surface area (Å²) >= 11 is 0. The summed E-state index contributed by atoms with van der Waals surface area (Å²) < 4.78 is 26.6. The highest BCUT2D eigenvalue weighted by Crippen LogP contribution is 2.23. The molecule has 4 N–H and O–H groups in total. The molecule has 138 valence electrons. The van der Waals surface area contributed by atoms with Crippen LogP contribution in [0.4, 0.5) is 0 Å². The van der Waals surface area contributed by atoms with Crippen molar-refractivity contribution < 1.29 is 18.0 Å². The van der Waals surface area contributed by atoms with E-state index in [2.05, 4.69) is 10.6 Å². The van der Waals surface area contributed by atoms with Gasteiger partial charge < -0.3 is 16.4 Å². The summed E-state index contributed by atoms with van der Waals surface area (Å²) in [5.41, 5.74) is 5.14. The van der Waals surface area contributed by atoms with Gasteiger partial charge in [0.2, 0.25) is 21.8 Å². The molecular weight excluding hydrogens is 344 g/mol. The number of rotatable bonds is 7. The van der Waals surface area contributed by atoms with Crippen LogP contribution in [-0.4, -0.2) is 57.3 Å². The zero-order valence-corrected chi connectivity index (χ0v) is 14.8. The topological polar surface area (TPSA) is 122 Å². The van der Waals surface area contributed by atoms with Crippen LogP contribution >= 0.6 is 0 Å². The molecule has 2 rings (SSSR count). The van der Waals surface area contributed by atoms with Gasteiger partial charge in [-0.25, -0.2) is 8.42 Å². The molecule has 1 aliphatic heterocycles. The molecule has 1 aliphatic rings. The molecule has 0 unspecified atom stereocenters. The van der Waals surface area contributed by atoms with Crippen LogP contribution < -0.4 is 16.4 Å². The molecule has 8 nitrogen and oxygen atoms in total. The number of hydrogen-bond acceptors (Lipinski definition) is 5. The first-order valence-corrected chi connectivity index (χ1v) is 9.66. The van der Waals surface area contributed by atoms with Gasteiger partial charge in [-0.05, 0) is 30.9 Å². The average Bonchev–Trinajstić information content (AvgIpc) is 2.65. The maximum Gasteiger partial charge on any atom is 0.243 e. The zero-order valence-electron chi connectivity index (χ0n) is 14.0. The number of amides is 2. The summed E-state index contributed by atoms with van der Waals surface area (Å²) in [5, 5.41) is 5.16. The minimum atomic E-state index is -3.45. The van der Waals surface area contributed by atoms with Crippen molar-refractivity contribution in [2.75, 3.05) is 32.7 Å². The second-order valence-corrected chi connectivity index (χ2v) is 7.88. The van der Waals surface area contributed by atoms with Crippen molar-refractivity contribution in [2.45, 2.75) is 17.7 Å². The second kappa shape index (κ2) is 8.93. The SMILES string of the molecule is NCC(=O)NCC(=O)NCC1CCN(S(=O)(=O)c2ccccc2)CC1. The first kappa shape index (κ1) is 19.4. The summed E-state index contributed by atoms with van der Waals surface area (Å²) in [6, 6.07) is 8.38. The summed E-state index contributed by atoms with van der Waals surface area (Å²) in [6.07, 6.45) is 1.36. The number of nitrogens with one attached hydrogen (secondary N) is 2. The Labute approximate surface area is 147 Å². The number of hydrogen-bond donors (Lipinski definition) is 3. The summed E-state index contributed by atoms with van der Waals surface area (Å²) in [5.74, 6) is -0.438. The van der Waals surface area contributed by atoms with Crippen LogP contribution in [-0.2, 0) is 19.6 Å². The monoisotopic (exact) mass is 368 g/mol. The van der Waals surface area contributed by atoms with Gasteiger partial charge >= 0.3 is 0 Å². The Morgan fingerprint density at radius 1 is 1.08 bits per heavy atom. The standard InChI is InChI=1S/C16H24N4O4S/c17-10-15(21)19-12-16(22)18-11-13-6-8-20(9-7-13)25(23,24)14-4-2-1-3-5-14/h1-5,13H,6-12,17H2,(H,18,22)(H,19,21). The van der Waals surface area contributed by atoms with E-state index < -0.39 is 10.0 Å². The summed E-state index contributed by atoms with van der Waals surface area (Å²) in [4.78, 5) is 22.9. The van der Waals surface area contributed by atoms with E-state index in [1.807, 2.05) is 0 Å². The van der Waals surface area contributed by atoms with E-state index in [4.69, 9.17) is 5.73 Å². The molecule has 0 aromatic heterocycles. The number of carbonyl (C=O) groups is 2. The van der Waals surface area contributed by atoms with Crippen molar-refractivity contribution in [3.63, 3.8) is 0 Å². The molecule has 0 bridgehead atoms. The largest absolute Gasteiger partial charge is 0.354 e. The number of nitrogens with zero attached hydrogens (tertiary/aromatic N) is 1. The van der Waals surface area contributed by atoms with Crippen LogP contribution in [0.1, 0.15) is 12.8 Å². The van der Waals surface area contributed by atoms with E-state index in [0.717, 1.165) is 0 Å². The molecule has 1 saturated heterocycles. The van der Waals surface area contributed by atoms with Crippen molar-refractivity contribution in [3.8, 4) is 0 Å². The molecule has 1 aromatic carbocycles. The van der Waals surface area contributed by atoms with Gasteiger partial charge in [-0.1, -0.05) is 18.2 Å². The third kappa shape index (κ3) is 5.52. The van der Waals surface area contributed by atoms with Crippen LogP contribution in [0.25, 0.3) is 0 Å². The van der Waals surface area contributed by atoms with Crippen molar-refractivity contribution >= 4 is 21.8 Å². The number of sulfonamides is 1. The smallest absolute Gasteiger partial charge is 0.243 e. The Morgan fingerprint density at radius 2 is 1.72 bits per heavy atom. The van der Waals surface area contributed by atoms with E-state index in [-0.39, 0.29) is 30.8 Å². The minimum absolute atomic E-state index is 0.0999. The van der Waals surface area contributed by atoms with Crippen LogP contribution in [0, 0.1) is 5.92 Å². The van der Waals surface area contributed by atoms with E-state index in [9.17, 15) is 18.0 Å². The summed E-state index contributed by atoms with van der Waals surface area (Å²) in [6.45, 7) is 1.08. The van der Waals surface area contributed by atoms with Crippen molar-refractivity contribution in [3.05, 3.63) is 30.3 Å². The first-order valence-electron chi connectivity index (χ1n) is 8.22. The van der Waals surface area contributed by atoms with Gasteiger partial charge in [0.1, 0.15) is 0 Å². The molecule has 0 saturated carbocycles. The predicted molar refractivity (Wildman–Crippen MR) is 93.0 cm³/mol. The number of benzene rings is 1. The van der Waals surface area contributed by atoms with Gasteiger partial charge in [-0.2, -0.15) is 4.31 Å². The van der Waals surface area contributed by atoms with Crippen LogP contribution in [0.3, 0.4) is 0 Å². The first-order chi connectivity index (χ1) is 11.9. The Hall–Kier alpha value is -1.97. The van der Waals surface area contributed by atoms with Gasteiger partial charge in [-0.15, -0.1) is 0 Å². The van der Waals surface area contributed by atoms with E-state index in [1.165, 1.54) is 4.31 Å². The lowest BCUT2D eigenvalue weighted by molar-refractivity contribution is -0.125. The van der Waals surface area contributed by atoms with Crippen LogP contribution in [0.15, 0.2) is 35.2 Å². The van der Waals surface area contributed by atoms with Gasteiger partial charge in [0.15, 0.2) is 0 Å². The molecule has 2 amide bonds. The fourth-order valence-electron chi connectivity index (χ4n) is 2.67. The Kier molecular flexibility index (Phi) is 6.91. The molecule has 1 heterocycles. The Balaban J connectivity index is 1.76. The summed E-state index contributed by atoms with van der Waals surface area (Å²) in [7, 11) is -3.45. The maximum absolute atomic E-state index is 12.5. The van der Waals surface area contributed by atoms with Crippen molar-refractivity contribution in [2.24, 2.45) is 11.7 Å². The zero-order chi connectivity index (χ0) is 18.3. The Bertz CT molecular complexity index is 685. The van der Waals surface area contributed by atoms with Gasteiger partial charge in [0.05, 0.1) is 18.0 Å². The second-order valence-electron chi connectivity index (χ2n) is 5.95. The van der Waals surface area contributed by atoms with Crippen molar-refractivity contribution in [1.82, 2.24) is 14.9 Å². The molecule has 0 spiro atoms. The highest BCUT2D eigenvalue weighted by molar-refractivity contribution is 7.89. The molecule has 0 atom stereocenters. The number of piperidine rings is 1. The normalized spacial score (nSPS) is 16.4.